The van der Waals surface area contributed by atoms with Gasteiger partial charge in [0.05, 0.1) is 6.33 Å². The summed E-state index contributed by atoms with van der Waals surface area (Å²) in [6.45, 7) is 1.71. The molecule has 1 atom stereocenters. The molecule has 1 unspecified atom stereocenters. The molecule has 6 heteroatoms. The molecule has 0 aliphatic carbocycles. The van der Waals surface area contributed by atoms with E-state index in [2.05, 4.69) is 14.9 Å². The number of rotatable bonds is 1. The topological polar surface area (TPSA) is 75.0 Å². The average Bonchev–Trinajstić information content (AvgIpc) is 2.22. The fraction of sp³-hybridized carbons (Fsp3) is 0.556. The molecule has 0 spiro atoms. The van der Waals surface area contributed by atoms with Crippen molar-refractivity contribution in [2.45, 2.75) is 18.9 Å². The van der Waals surface area contributed by atoms with Crippen LogP contribution >= 0.6 is 22.6 Å². The normalized spacial score (nSPS) is 21.7. The van der Waals surface area contributed by atoms with Gasteiger partial charge in [-0.05, 0) is 35.4 Å². The zero-order valence-electron chi connectivity index (χ0n) is 8.24. The van der Waals surface area contributed by atoms with E-state index in [1.54, 1.807) is 0 Å². The number of aromatic nitrogens is 2. The van der Waals surface area contributed by atoms with Gasteiger partial charge in [-0.1, -0.05) is 0 Å². The zero-order chi connectivity index (χ0) is 10.8. The quantitative estimate of drug-likeness (QED) is 0.730. The fourth-order valence-corrected chi connectivity index (χ4v) is 2.43. The third kappa shape index (κ3) is 2.31. The number of hydrogen-bond acceptors (Lipinski definition) is 4. The number of aromatic amines is 1. The standard InChI is InChI=1S/C9H13IN4O/c10-7-8(12-5-13-9(7)15)14-3-1-2-6(11)4-14/h5-6H,1-4,11H2,(H,12,13,15). The number of nitrogens with two attached hydrogens (primary N) is 1. The second kappa shape index (κ2) is 4.48. The van der Waals surface area contributed by atoms with E-state index in [1.165, 1.54) is 6.33 Å². The minimum atomic E-state index is -0.0836. The molecule has 1 aromatic rings. The Morgan fingerprint density at radius 1 is 1.67 bits per heavy atom. The number of hydrogen-bond donors (Lipinski definition) is 2. The molecule has 1 aliphatic rings. The molecule has 1 fully saturated rings. The van der Waals surface area contributed by atoms with Crippen LogP contribution in [0.1, 0.15) is 12.8 Å². The summed E-state index contributed by atoms with van der Waals surface area (Å²) in [4.78, 5) is 20.3. The van der Waals surface area contributed by atoms with Crippen LogP contribution in [0.4, 0.5) is 5.82 Å². The Hall–Kier alpha value is -0.630. The molecule has 0 saturated carbocycles. The second-order valence-electron chi connectivity index (χ2n) is 3.72. The highest BCUT2D eigenvalue weighted by molar-refractivity contribution is 14.1. The lowest BCUT2D eigenvalue weighted by Crippen LogP contribution is -2.44. The Balaban J connectivity index is 2.28. The van der Waals surface area contributed by atoms with Crippen LogP contribution in [0.15, 0.2) is 11.1 Å². The van der Waals surface area contributed by atoms with Crippen LogP contribution in [0.5, 0.6) is 0 Å². The summed E-state index contributed by atoms with van der Waals surface area (Å²) in [5.41, 5.74) is 5.81. The highest BCUT2D eigenvalue weighted by Crippen LogP contribution is 2.19. The SMILES string of the molecule is NC1CCCN(c2nc[nH]c(=O)c2I)C1. The first-order valence-electron chi connectivity index (χ1n) is 4.92. The summed E-state index contributed by atoms with van der Waals surface area (Å²) in [7, 11) is 0. The third-order valence-corrected chi connectivity index (χ3v) is 3.51. The number of halogens is 1. The van der Waals surface area contributed by atoms with Gasteiger partial charge in [-0.3, -0.25) is 4.79 Å². The van der Waals surface area contributed by atoms with E-state index in [0.29, 0.717) is 3.57 Å². The molecule has 15 heavy (non-hydrogen) atoms. The van der Waals surface area contributed by atoms with Crippen molar-refractivity contribution in [3.63, 3.8) is 0 Å². The Bertz CT molecular complexity index is 405. The highest BCUT2D eigenvalue weighted by atomic mass is 127. The maximum absolute atomic E-state index is 11.4. The van der Waals surface area contributed by atoms with Gasteiger partial charge in [0.15, 0.2) is 0 Å². The van der Waals surface area contributed by atoms with Gasteiger partial charge in [-0.15, -0.1) is 0 Å². The third-order valence-electron chi connectivity index (χ3n) is 2.54. The summed E-state index contributed by atoms with van der Waals surface area (Å²) in [5.74, 6) is 0.759. The first kappa shape index (κ1) is 10.9. The molecule has 0 aromatic carbocycles. The van der Waals surface area contributed by atoms with Crippen molar-refractivity contribution in [3.05, 3.63) is 20.3 Å². The van der Waals surface area contributed by atoms with Crippen molar-refractivity contribution in [1.29, 1.82) is 0 Å². The van der Waals surface area contributed by atoms with Crippen molar-refractivity contribution in [2.24, 2.45) is 5.73 Å². The van der Waals surface area contributed by atoms with Crippen LogP contribution in [0.25, 0.3) is 0 Å². The van der Waals surface area contributed by atoms with E-state index in [1.807, 2.05) is 22.6 Å². The summed E-state index contributed by atoms with van der Waals surface area (Å²) in [6, 6.07) is 0.190. The molecule has 3 N–H and O–H groups in total. The van der Waals surface area contributed by atoms with Gasteiger partial charge in [-0.2, -0.15) is 0 Å². The summed E-state index contributed by atoms with van der Waals surface area (Å²) >= 11 is 2.03. The van der Waals surface area contributed by atoms with Crippen molar-refractivity contribution in [2.75, 3.05) is 18.0 Å². The summed E-state index contributed by atoms with van der Waals surface area (Å²) in [5, 5.41) is 0. The highest BCUT2D eigenvalue weighted by Gasteiger charge is 2.20. The molecule has 1 saturated heterocycles. The Morgan fingerprint density at radius 3 is 3.20 bits per heavy atom. The Kier molecular flexibility index (Phi) is 3.25. The molecular weight excluding hydrogens is 307 g/mol. The molecule has 2 heterocycles. The van der Waals surface area contributed by atoms with E-state index in [0.717, 1.165) is 31.7 Å². The zero-order valence-corrected chi connectivity index (χ0v) is 10.4. The monoisotopic (exact) mass is 320 g/mol. The van der Waals surface area contributed by atoms with Crippen LogP contribution in [0.3, 0.4) is 0 Å². The number of nitrogens with one attached hydrogen (secondary N) is 1. The predicted molar refractivity (Wildman–Crippen MR) is 67.0 cm³/mol. The molecule has 1 aliphatic heterocycles. The number of anilines is 1. The molecule has 0 radical (unpaired) electrons. The van der Waals surface area contributed by atoms with Gasteiger partial charge in [0.1, 0.15) is 9.39 Å². The number of H-pyrrole nitrogens is 1. The largest absolute Gasteiger partial charge is 0.354 e. The van der Waals surface area contributed by atoms with Gasteiger partial charge in [0.2, 0.25) is 0 Å². The van der Waals surface area contributed by atoms with E-state index < -0.39 is 0 Å². The van der Waals surface area contributed by atoms with Crippen molar-refractivity contribution < 1.29 is 0 Å². The molecular formula is C9H13IN4O. The lowest BCUT2D eigenvalue weighted by Gasteiger charge is -2.31. The van der Waals surface area contributed by atoms with Crippen molar-refractivity contribution >= 4 is 28.4 Å². The van der Waals surface area contributed by atoms with Gasteiger partial charge in [-0.25, -0.2) is 4.98 Å². The molecule has 2 rings (SSSR count). The van der Waals surface area contributed by atoms with Crippen LogP contribution in [-0.4, -0.2) is 29.1 Å². The number of piperidine rings is 1. The minimum Gasteiger partial charge on any atom is -0.354 e. The number of nitrogens with zero attached hydrogens (tertiary/aromatic N) is 2. The van der Waals surface area contributed by atoms with Gasteiger partial charge in [0.25, 0.3) is 5.56 Å². The van der Waals surface area contributed by atoms with Crippen molar-refractivity contribution in [3.8, 4) is 0 Å². The van der Waals surface area contributed by atoms with E-state index in [-0.39, 0.29) is 11.6 Å². The summed E-state index contributed by atoms with van der Waals surface area (Å²) in [6.07, 6.45) is 3.56. The maximum Gasteiger partial charge on any atom is 0.266 e. The molecule has 82 valence electrons. The van der Waals surface area contributed by atoms with Crippen molar-refractivity contribution in [1.82, 2.24) is 9.97 Å². The minimum absolute atomic E-state index is 0.0836. The Morgan fingerprint density at radius 2 is 2.47 bits per heavy atom. The van der Waals surface area contributed by atoms with Crippen LogP contribution in [-0.2, 0) is 0 Å². The second-order valence-corrected chi connectivity index (χ2v) is 4.80. The van der Waals surface area contributed by atoms with Crippen LogP contribution < -0.4 is 16.2 Å². The summed E-state index contributed by atoms with van der Waals surface area (Å²) < 4.78 is 0.643. The first-order chi connectivity index (χ1) is 7.18. The van der Waals surface area contributed by atoms with Gasteiger partial charge < -0.3 is 15.6 Å². The first-order valence-corrected chi connectivity index (χ1v) is 6.00. The van der Waals surface area contributed by atoms with Crippen LogP contribution in [0.2, 0.25) is 0 Å². The smallest absolute Gasteiger partial charge is 0.266 e. The fourth-order valence-electron chi connectivity index (χ4n) is 1.80. The molecule has 5 nitrogen and oxygen atoms in total. The molecule has 1 aromatic heterocycles. The predicted octanol–water partition coefficient (Wildman–Crippen LogP) is 0.302. The molecule has 0 amide bonds. The van der Waals surface area contributed by atoms with E-state index in [4.69, 9.17) is 5.73 Å². The maximum atomic E-state index is 11.4. The molecule has 0 bridgehead atoms. The van der Waals surface area contributed by atoms with E-state index >= 15 is 0 Å². The van der Waals surface area contributed by atoms with E-state index in [9.17, 15) is 4.79 Å². The van der Waals surface area contributed by atoms with Gasteiger partial charge >= 0.3 is 0 Å². The van der Waals surface area contributed by atoms with Crippen LogP contribution in [0, 0.1) is 3.57 Å². The van der Waals surface area contributed by atoms with Gasteiger partial charge in [0, 0.05) is 19.1 Å². The lowest BCUT2D eigenvalue weighted by molar-refractivity contribution is 0.502. The Labute approximate surface area is 101 Å². The average molecular weight is 320 g/mol. The lowest BCUT2D eigenvalue weighted by atomic mass is 10.1.